The van der Waals surface area contributed by atoms with Gasteiger partial charge in [-0.05, 0) is 134 Å². The van der Waals surface area contributed by atoms with Gasteiger partial charge in [0.05, 0.1) is 0 Å². The van der Waals surface area contributed by atoms with Gasteiger partial charge < -0.3 is 0 Å². The maximum atomic E-state index is 2.38. The molecule has 10 aromatic rings. The number of benzene rings is 10. The molecule has 0 saturated carbocycles. The topological polar surface area (TPSA) is 0 Å². The molecule has 0 amide bonds. The second-order valence-corrected chi connectivity index (χ2v) is 13.0. The van der Waals surface area contributed by atoms with Crippen molar-refractivity contribution in [2.75, 3.05) is 0 Å². The Morgan fingerprint density at radius 2 is 0.604 bits per heavy atom. The smallest absolute Gasteiger partial charge is 0.00264 e. The summed E-state index contributed by atoms with van der Waals surface area (Å²) in [7, 11) is 0. The molecule has 222 valence electrons. The van der Waals surface area contributed by atoms with E-state index in [0.717, 1.165) is 0 Å². The molecule has 0 heteroatoms. The van der Waals surface area contributed by atoms with Crippen LogP contribution in [-0.4, -0.2) is 0 Å². The van der Waals surface area contributed by atoms with Crippen molar-refractivity contribution in [3.63, 3.8) is 0 Å². The van der Waals surface area contributed by atoms with Crippen LogP contribution in [0.2, 0.25) is 0 Å². The summed E-state index contributed by atoms with van der Waals surface area (Å²) in [5.41, 5.74) is 7.47. The fourth-order valence-corrected chi connectivity index (χ4v) is 7.68. The molecule has 10 aromatic carbocycles. The van der Waals surface area contributed by atoms with Gasteiger partial charge in [-0.1, -0.05) is 146 Å². The lowest BCUT2D eigenvalue weighted by atomic mass is 9.90. The molecule has 0 N–H and O–H groups in total. The van der Waals surface area contributed by atoms with E-state index >= 15 is 0 Å². The van der Waals surface area contributed by atoms with Gasteiger partial charge in [0.15, 0.2) is 0 Å². The molecule has 0 bridgehead atoms. The van der Waals surface area contributed by atoms with E-state index in [1.165, 1.54) is 98.0 Å². The minimum atomic E-state index is 1.23. The molecule has 0 radical (unpaired) electrons. The lowest BCUT2D eigenvalue weighted by Gasteiger charge is -2.14. The predicted molar refractivity (Wildman–Crippen MR) is 208 cm³/mol. The number of hydrogen-bond donors (Lipinski definition) is 0. The third kappa shape index (κ3) is 4.38. The second-order valence-electron chi connectivity index (χ2n) is 13.0. The molecule has 0 nitrogen and oxygen atoms in total. The molecule has 0 fully saturated rings. The van der Waals surface area contributed by atoms with Crippen LogP contribution >= 0.6 is 0 Å². The largest absolute Gasteiger partial charge is 0.0616 e. The third-order valence-corrected chi connectivity index (χ3v) is 10.2. The lowest BCUT2D eigenvalue weighted by Crippen LogP contribution is -1.87. The molecule has 0 aliphatic carbocycles. The molecule has 0 unspecified atom stereocenters. The van der Waals surface area contributed by atoms with Gasteiger partial charge in [0.1, 0.15) is 0 Å². The summed E-state index contributed by atoms with van der Waals surface area (Å²) in [6.45, 7) is 0. The van der Waals surface area contributed by atoms with Crippen LogP contribution in [0.4, 0.5) is 0 Å². The molecular weight excluding hydrogens is 577 g/mol. The summed E-state index contributed by atoms with van der Waals surface area (Å²) in [5, 5.41) is 15.3. The van der Waals surface area contributed by atoms with Gasteiger partial charge in [0.2, 0.25) is 0 Å². The molecule has 0 spiro atoms. The Morgan fingerprint density at radius 1 is 0.208 bits per heavy atom. The highest BCUT2D eigenvalue weighted by molar-refractivity contribution is 6.23. The second kappa shape index (κ2) is 10.7. The number of rotatable bonds is 3. The van der Waals surface area contributed by atoms with Gasteiger partial charge in [0.25, 0.3) is 0 Å². The van der Waals surface area contributed by atoms with Gasteiger partial charge >= 0.3 is 0 Å². The van der Waals surface area contributed by atoms with Crippen LogP contribution in [0.1, 0.15) is 0 Å². The van der Waals surface area contributed by atoms with E-state index < -0.39 is 0 Å². The van der Waals surface area contributed by atoms with E-state index in [2.05, 4.69) is 182 Å². The van der Waals surface area contributed by atoms with Crippen molar-refractivity contribution in [1.29, 1.82) is 0 Å². The Balaban J connectivity index is 1.05. The first kappa shape index (κ1) is 26.9. The van der Waals surface area contributed by atoms with Gasteiger partial charge in [0, 0.05) is 0 Å². The molecule has 0 heterocycles. The highest BCUT2D eigenvalue weighted by atomic mass is 14.2. The van der Waals surface area contributed by atoms with E-state index in [9.17, 15) is 0 Å². The van der Waals surface area contributed by atoms with E-state index in [1.54, 1.807) is 0 Å². The molecule has 0 aliphatic rings. The fraction of sp³-hybridized carbons (Fsp3) is 0. The van der Waals surface area contributed by atoms with Crippen molar-refractivity contribution in [2.24, 2.45) is 0 Å². The summed E-state index contributed by atoms with van der Waals surface area (Å²) >= 11 is 0. The first-order chi connectivity index (χ1) is 23.7. The third-order valence-electron chi connectivity index (χ3n) is 10.2. The summed E-state index contributed by atoms with van der Waals surface area (Å²) in [5.74, 6) is 0. The van der Waals surface area contributed by atoms with Gasteiger partial charge in [-0.25, -0.2) is 0 Å². The minimum Gasteiger partial charge on any atom is -0.0616 e. The highest BCUT2D eigenvalue weighted by Crippen LogP contribution is 2.39. The first-order valence-electron chi connectivity index (χ1n) is 16.7. The average Bonchev–Trinajstić information content (AvgIpc) is 3.16. The van der Waals surface area contributed by atoms with Crippen molar-refractivity contribution < 1.29 is 0 Å². The predicted octanol–water partition coefficient (Wildman–Crippen LogP) is 13.6. The van der Waals surface area contributed by atoms with Crippen molar-refractivity contribution in [3.05, 3.63) is 182 Å². The van der Waals surface area contributed by atoms with Crippen LogP contribution in [0, 0.1) is 0 Å². The van der Waals surface area contributed by atoms with Crippen LogP contribution in [0.25, 0.3) is 98.0 Å². The minimum absolute atomic E-state index is 1.23. The first-order valence-corrected chi connectivity index (χ1v) is 16.7. The normalized spacial score (nSPS) is 11.8. The Labute approximate surface area is 279 Å². The zero-order chi connectivity index (χ0) is 31.6. The van der Waals surface area contributed by atoms with E-state index in [0.29, 0.717) is 0 Å². The Morgan fingerprint density at radius 3 is 1.27 bits per heavy atom. The van der Waals surface area contributed by atoms with E-state index in [4.69, 9.17) is 0 Å². The molecular formula is C48H30. The Kier molecular flexibility index (Phi) is 5.98. The summed E-state index contributed by atoms with van der Waals surface area (Å²) in [6.07, 6.45) is 0. The van der Waals surface area contributed by atoms with Crippen molar-refractivity contribution in [2.45, 2.75) is 0 Å². The van der Waals surface area contributed by atoms with Crippen molar-refractivity contribution >= 4 is 64.6 Å². The molecule has 0 aliphatic heterocycles. The van der Waals surface area contributed by atoms with Crippen LogP contribution in [0.15, 0.2) is 182 Å². The highest BCUT2D eigenvalue weighted by Gasteiger charge is 2.12. The quantitative estimate of drug-likeness (QED) is 0.176. The molecule has 0 aromatic heterocycles. The monoisotopic (exact) mass is 606 g/mol. The van der Waals surface area contributed by atoms with Crippen molar-refractivity contribution in [3.8, 4) is 33.4 Å². The van der Waals surface area contributed by atoms with E-state index in [1.807, 2.05) is 0 Å². The maximum Gasteiger partial charge on any atom is -0.00264 e. The summed E-state index contributed by atoms with van der Waals surface area (Å²) < 4.78 is 0. The molecule has 10 rings (SSSR count). The van der Waals surface area contributed by atoms with Crippen molar-refractivity contribution in [1.82, 2.24) is 0 Å². The standard InChI is InChI=1S/C48H30/c1-2-9-34-25-35(17-13-31(34)7-1)36-19-20-38-27-39(22-21-37(38)26-36)40-18-14-32-15-23-41(29-43(32)28-40)47-30-42-24-16-33-8-3-4-10-44(33)48(42)46-12-6-5-11-45(46)47/h1-30H. The van der Waals surface area contributed by atoms with Crippen LogP contribution in [0.3, 0.4) is 0 Å². The lowest BCUT2D eigenvalue weighted by molar-refractivity contribution is 1.65. The zero-order valence-electron chi connectivity index (χ0n) is 26.3. The molecule has 0 atom stereocenters. The Hall–Kier alpha value is -6.24. The SMILES string of the molecule is c1ccc2cc(-c3ccc4cc(-c5ccc6ccc(-c7cc8ccc9ccccc9c8c8ccccc78)cc6c5)ccc4c3)ccc2c1. The number of hydrogen-bond acceptors (Lipinski definition) is 0. The van der Waals surface area contributed by atoms with Crippen LogP contribution in [0.5, 0.6) is 0 Å². The van der Waals surface area contributed by atoms with Gasteiger partial charge in [-0.2, -0.15) is 0 Å². The van der Waals surface area contributed by atoms with Gasteiger partial charge in [-0.15, -0.1) is 0 Å². The van der Waals surface area contributed by atoms with Gasteiger partial charge in [-0.3, -0.25) is 0 Å². The maximum absolute atomic E-state index is 2.38. The average molecular weight is 607 g/mol. The van der Waals surface area contributed by atoms with Crippen LogP contribution in [-0.2, 0) is 0 Å². The zero-order valence-corrected chi connectivity index (χ0v) is 26.3. The Bertz CT molecular complexity index is 2890. The molecule has 48 heavy (non-hydrogen) atoms. The fourth-order valence-electron chi connectivity index (χ4n) is 7.68. The van der Waals surface area contributed by atoms with Crippen LogP contribution < -0.4 is 0 Å². The summed E-state index contributed by atoms with van der Waals surface area (Å²) in [4.78, 5) is 0. The molecule has 0 saturated heterocycles. The summed E-state index contributed by atoms with van der Waals surface area (Å²) in [6, 6.07) is 67.2. The number of fused-ring (bicyclic) bond motifs is 8. The van der Waals surface area contributed by atoms with E-state index in [-0.39, 0.29) is 0 Å².